The maximum absolute atomic E-state index is 4.60. The van der Waals surface area contributed by atoms with Crippen molar-refractivity contribution in [1.29, 1.82) is 0 Å². The summed E-state index contributed by atoms with van der Waals surface area (Å²) in [6, 6.07) is 0.616. The molecular formula is C21H39N3. The highest BCUT2D eigenvalue weighted by molar-refractivity contribution is 5.09. The topological polar surface area (TPSA) is 21.1 Å². The molecule has 0 aliphatic carbocycles. The fraction of sp³-hybridized carbons (Fsp3) is 0.857. The van der Waals surface area contributed by atoms with Crippen molar-refractivity contribution in [2.75, 3.05) is 19.6 Å². The molecule has 138 valence electrons. The van der Waals surface area contributed by atoms with Crippen molar-refractivity contribution in [3.05, 3.63) is 18.0 Å². The number of likely N-dealkylation sites (tertiary alicyclic amines) is 1. The number of hydrogen-bond donors (Lipinski definition) is 0. The van der Waals surface area contributed by atoms with Crippen molar-refractivity contribution in [3.63, 3.8) is 0 Å². The van der Waals surface area contributed by atoms with E-state index in [9.17, 15) is 0 Å². The molecule has 1 aromatic heterocycles. The van der Waals surface area contributed by atoms with Crippen LogP contribution in [0.4, 0.5) is 0 Å². The van der Waals surface area contributed by atoms with Crippen LogP contribution < -0.4 is 0 Å². The van der Waals surface area contributed by atoms with Crippen LogP contribution in [0.15, 0.2) is 12.4 Å². The zero-order chi connectivity index (χ0) is 17.4. The summed E-state index contributed by atoms with van der Waals surface area (Å²) in [7, 11) is 0. The first-order chi connectivity index (χ1) is 11.6. The summed E-state index contributed by atoms with van der Waals surface area (Å²) in [5, 5.41) is 4.60. The van der Waals surface area contributed by atoms with Crippen LogP contribution in [0.25, 0.3) is 0 Å². The lowest BCUT2D eigenvalue weighted by Gasteiger charge is -2.32. The van der Waals surface area contributed by atoms with Crippen molar-refractivity contribution >= 4 is 0 Å². The van der Waals surface area contributed by atoms with Gasteiger partial charge in [-0.1, -0.05) is 59.8 Å². The number of unbranched alkanes of at least 4 members (excludes halogenated alkanes) is 4. The van der Waals surface area contributed by atoms with Gasteiger partial charge < -0.3 is 4.90 Å². The number of rotatable bonds is 10. The SMILES string of the molecule is CC(C)CCCCCCCN1CCC(n2cc(C(C)C)cn2)CC1. The molecule has 1 aliphatic heterocycles. The second kappa shape index (κ2) is 10.2. The lowest BCUT2D eigenvalue weighted by Crippen LogP contribution is -2.35. The minimum absolute atomic E-state index is 0.583. The molecule has 0 atom stereocenters. The molecule has 0 N–H and O–H groups in total. The maximum atomic E-state index is 4.60. The maximum Gasteiger partial charge on any atom is 0.0543 e. The molecule has 0 radical (unpaired) electrons. The van der Waals surface area contributed by atoms with Crippen LogP contribution in [0.1, 0.15) is 96.6 Å². The Morgan fingerprint density at radius 3 is 2.29 bits per heavy atom. The van der Waals surface area contributed by atoms with Gasteiger partial charge >= 0.3 is 0 Å². The lowest BCUT2D eigenvalue weighted by molar-refractivity contribution is 0.177. The van der Waals surface area contributed by atoms with E-state index in [2.05, 4.69) is 54.8 Å². The normalized spacial score (nSPS) is 17.2. The summed E-state index contributed by atoms with van der Waals surface area (Å²) >= 11 is 0. The molecule has 0 saturated carbocycles. The Morgan fingerprint density at radius 2 is 1.67 bits per heavy atom. The van der Waals surface area contributed by atoms with Crippen LogP contribution in [0.3, 0.4) is 0 Å². The van der Waals surface area contributed by atoms with E-state index < -0.39 is 0 Å². The van der Waals surface area contributed by atoms with E-state index in [4.69, 9.17) is 0 Å². The van der Waals surface area contributed by atoms with Crippen LogP contribution >= 0.6 is 0 Å². The predicted octanol–water partition coefficient (Wildman–Crippen LogP) is 5.64. The molecular weight excluding hydrogens is 294 g/mol. The van der Waals surface area contributed by atoms with Gasteiger partial charge in [-0.2, -0.15) is 5.10 Å². The first kappa shape index (κ1) is 19.5. The van der Waals surface area contributed by atoms with Gasteiger partial charge in [-0.3, -0.25) is 4.68 Å². The van der Waals surface area contributed by atoms with Gasteiger partial charge in [0, 0.05) is 19.3 Å². The van der Waals surface area contributed by atoms with Crippen molar-refractivity contribution in [2.24, 2.45) is 5.92 Å². The number of aromatic nitrogens is 2. The minimum atomic E-state index is 0.583. The van der Waals surface area contributed by atoms with Gasteiger partial charge in [0.05, 0.1) is 12.2 Å². The molecule has 0 amide bonds. The molecule has 2 rings (SSSR count). The fourth-order valence-electron chi connectivity index (χ4n) is 3.68. The highest BCUT2D eigenvalue weighted by atomic mass is 15.3. The van der Waals surface area contributed by atoms with Crippen LogP contribution in [0.2, 0.25) is 0 Å². The predicted molar refractivity (Wildman–Crippen MR) is 104 cm³/mol. The average Bonchev–Trinajstić information content (AvgIpc) is 3.04. The first-order valence-corrected chi connectivity index (χ1v) is 10.3. The zero-order valence-electron chi connectivity index (χ0n) is 16.5. The number of nitrogens with zero attached hydrogens (tertiary/aromatic N) is 3. The molecule has 24 heavy (non-hydrogen) atoms. The third-order valence-electron chi connectivity index (χ3n) is 5.48. The fourth-order valence-corrected chi connectivity index (χ4v) is 3.68. The van der Waals surface area contributed by atoms with E-state index >= 15 is 0 Å². The Bertz CT molecular complexity index is 442. The van der Waals surface area contributed by atoms with E-state index in [0.29, 0.717) is 12.0 Å². The van der Waals surface area contributed by atoms with Crippen molar-refractivity contribution in [2.45, 2.75) is 91.0 Å². The molecule has 0 bridgehead atoms. The highest BCUT2D eigenvalue weighted by Crippen LogP contribution is 2.24. The first-order valence-electron chi connectivity index (χ1n) is 10.3. The second-order valence-electron chi connectivity index (χ2n) is 8.43. The summed E-state index contributed by atoms with van der Waals surface area (Å²) < 4.78 is 2.22. The van der Waals surface area contributed by atoms with Gasteiger partial charge in [-0.05, 0) is 43.2 Å². The molecule has 3 nitrogen and oxygen atoms in total. The van der Waals surface area contributed by atoms with Crippen molar-refractivity contribution < 1.29 is 0 Å². The van der Waals surface area contributed by atoms with E-state index in [1.165, 1.54) is 76.6 Å². The molecule has 0 spiro atoms. The van der Waals surface area contributed by atoms with Gasteiger partial charge in [0.2, 0.25) is 0 Å². The van der Waals surface area contributed by atoms with Crippen LogP contribution in [0, 0.1) is 5.92 Å². The summed E-state index contributed by atoms with van der Waals surface area (Å²) in [5.74, 6) is 1.46. The third-order valence-corrected chi connectivity index (χ3v) is 5.48. The van der Waals surface area contributed by atoms with Crippen LogP contribution in [0.5, 0.6) is 0 Å². The van der Waals surface area contributed by atoms with Crippen molar-refractivity contribution in [1.82, 2.24) is 14.7 Å². The summed E-state index contributed by atoms with van der Waals surface area (Å²) in [6.07, 6.45) is 15.3. The molecule has 1 aromatic rings. The Labute approximate surface area is 149 Å². The molecule has 3 heteroatoms. The Morgan fingerprint density at radius 1 is 1.00 bits per heavy atom. The van der Waals surface area contributed by atoms with E-state index in [1.54, 1.807) is 0 Å². The van der Waals surface area contributed by atoms with E-state index in [-0.39, 0.29) is 0 Å². The van der Waals surface area contributed by atoms with Gasteiger partial charge in [-0.25, -0.2) is 0 Å². The molecule has 1 fully saturated rings. The number of hydrogen-bond acceptors (Lipinski definition) is 2. The minimum Gasteiger partial charge on any atom is -0.303 e. The van der Waals surface area contributed by atoms with Crippen molar-refractivity contribution in [3.8, 4) is 0 Å². The molecule has 0 aromatic carbocycles. The van der Waals surface area contributed by atoms with E-state index in [1.807, 2.05) is 0 Å². The molecule has 1 saturated heterocycles. The van der Waals surface area contributed by atoms with Crippen LogP contribution in [-0.4, -0.2) is 34.3 Å². The quantitative estimate of drug-likeness (QED) is 0.517. The van der Waals surface area contributed by atoms with Gasteiger partial charge in [0.1, 0.15) is 0 Å². The Hall–Kier alpha value is -0.830. The third kappa shape index (κ3) is 6.58. The van der Waals surface area contributed by atoms with E-state index in [0.717, 1.165) is 5.92 Å². The Balaban J connectivity index is 1.56. The van der Waals surface area contributed by atoms with Gasteiger partial charge in [0.25, 0.3) is 0 Å². The van der Waals surface area contributed by atoms with Gasteiger partial charge in [0.15, 0.2) is 0 Å². The zero-order valence-corrected chi connectivity index (χ0v) is 16.5. The highest BCUT2D eigenvalue weighted by Gasteiger charge is 2.21. The smallest absolute Gasteiger partial charge is 0.0543 e. The largest absolute Gasteiger partial charge is 0.303 e. The summed E-state index contributed by atoms with van der Waals surface area (Å²) in [5.41, 5.74) is 1.37. The summed E-state index contributed by atoms with van der Waals surface area (Å²) in [6.45, 7) is 12.9. The molecule has 2 heterocycles. The number of piperidine rings is 1. The lowest BCUT2D eigenvalue weighted by atomic mass is 10.0. The molecule has 0 unspecified atom stereocenters. The van der Waals surface area contributed by atoms with Gasteiger partial charge in [-0.15, -0.1) is 0 Å². The molecule has 1 aliphatic rings. The monoisotopic (exact) mass is 333 g/mol. The Kier molecular flexibility index (Phi) is 8.31. The average molecular weight is 334 g/mol. The van der Waals surface area contributed by atoms with Crippen LogP contribution in [-0.2, 0) is 0 Å². The summed E-state index contributed by atoms with van der Waals surface area (Å²) in [4.78, 5) is 2.66. The standard InChI is InChI=1S/C21H39N3/c1-18(2)10-8-6-5-7-9-13-23-14-11-21(12-15-23)24-17-20(16-22-24)19(3)4/h16-19,21H,5-15H2,1-4H3. The second-order valence-corrected chi connectivity index (χ2v) is 8.43.